The van der Waals surface area contributed by atoms with E-state index in [2.05, 4.69) is 10.6 Å². The van der Waals surface area contributed by atoms with E-state index < -0.39 is 11.9 Å². The van der Waals surface area contributed by atoms with Crippen LogP contribution < -0.4 is 20.1 Å². The highest BCUT2D eigenvalue weighted by molar-refractivity contribution is 5.95. The number of carbonyl (C=O) groups is 2. The molecular formula is C18H24N2O4. The van der Waals surface area contributed by atoms with E-state index in [1.807, 2.05) is 26.0 Å². The smallest absolute Gasteiger partial charge is 0.321 e. The number of hydrogen-bond donors (Lipinski definition) is 2. The number of ether oxygens (including phenoxy) is 2. The summed E-state index contributed by atoms with van der Waals surface area (Å²) in [7, 11) is 0. The molecule has 6 nitrogen and oxygen atoms in total. The predicted molar refractivity (Wildman–Crippen MR) is 89.3 cm³/mol. The van der Waals surface area contributed by atoms with E-state index in [0.717, 1.165) is 37.7 Å². The highest BCUT2D eigenvalue weighted by Gasteiger charge is 2.32. The fraction of sp³-hybridized carbons (Fsp3) is 0.556. The topological polar surface area (TPSA) is 76.7 Å². The molecule has 0 unspecified atom stereocenters. The fourth-order valence-electron chi connectivity index (χ4n) is 3.30. The number of imide groups is 1. The predicted octanol–water partition coefficient (Wildman–Crippen LogP) is 2.55. The van der Waals surface area contributed by atoms with Crippen LogP contribution in [0.4, 0.5) is 4.79 Å². The summed E-state index contributed by atoms with van der Waals surface area (Å²) in [5.41, 5.74) is 0.794. The van der Waals surface area contributed by atoms with Gasteiger partial charge in [-0.15, -0.1) is 0 Å². The Kier molecular flexibility index (Phi) is 4.64. The summed E-state index contributed by atoms with van der Waals surface area (Å²) in [6.45, 7) is 3.80. The third-order valence-corrected chi connectivity index (χ3v) is 4.36. The normalized spacial score (nSPS) is 18.6. The van der Waals surface area contributed by atoms with Gasteiger partial charge in [0, 0.05) is 18.0 Å². The molecule has 0 spiro atoms. The number of hydrogen-bond acceptors (Lipinski definition) is 4. The van der Waals surface area contributed by atoms with Crippen molar-refractivity contribution in [3.63, 3.8) is 0 Å². The summed E-state index contributed by atoms with van der Waals surface area (Å²) in [5.74, 6) is 0.746. The van der Waals surface area contributed by atoms with Gasteiger partial charge in [-0.1, -0.05) is 25.0 Å². The molecule has 0 atom stereocenters. The minimum Gasteiger partial charge on any atom is -0.483 e. The molecule has 0 bridgehead atoms. The average Bonchev–Trinajstić information content (AvgIpc) is 3.10. The van der Waals surface area contributed by atoms with Crippen molar-refractivity contribution in [2.75, 3.05) is 6.61 Å². The molecule has 2 N–H and O–H groups in total. The van der Waals surface area contributed by atoms with Crippen molar-refractivity contribution in [2.24, 2.45) is 0 Å². The second-order valence-electron chi connectivity index (χ2n) is 7.07. The van der Waals surface area contributed by atoms with Crippen molar-refractivity contribution >= 4 is 11.9 Å². The lowest BCUT2D eigenvalue weighted by molar-refractivity contribution is -0.122. The standard InChI is InChI=1S/C18H24N2O4/c1-18(2)10-12-6-5-9-14(16(12)24-18)23-11-15(21)20-17(22)19-13-7-3-4-8-13/h5-6,9,13H,3-4,7-8,10-11H2,1-2H3,(H2,19,20,21,22). The first-order valence-corrected chi connectivity index (χ1v) is 8.47. The summed E-state index contributed by atoms with van der Waals surface area (Å²) >= 11 is 0. The summed E-state index contributed by atoms with van der Waals surface area (Å²) in [4.78, 5) is 23.7. The molecule has 130 valence electrons. The highest BCUT2D eigenvalue weighted by atomic mass is 16.5. The second-order valence-corrected chi connectivity index (χ2v) is 7.07. The van der Waals surface area contributed by atoms with Gasteiger partial charge in [0.1, 0.15) is 5.60 Å². The van der Waals surface area contributed by atoms with Gasteiger partial charge in [-0.05, 0) is 32.8 Å². The van der Waals surface area contributed by atoms with Gasteiger partial charge in [0.25, 0.3) is 5.91 Å². The number of benzene rings is 1. The Balaban J connectivity index is 1.50. The first-order chi connectivity index (χ1) is 11.4. The molecule has 1 heterocycles. The van der Waals surface area contributed by atoms with Gasteiger partial charge >= 0.3 is 6.03 Å². The Morgan fingerprint density at radius 3 is 2.79 bits per heavy atom. The molecule has 3 rings (SSSR count). The van der Waals surface area contributed by atoms with Crippen molar-refractivity contribution in [3.05, 3.63) is 23.8 Å². The minimum atomic E-state index is -0.472. The van der Waals surface area contributed by atoms with Crippen LogP contribution in [-0.4, -0.2) is 30.2 Å². The van der Waals surface area contributed by atoms with Gasteiger partial charge in [0.2, 0.25) is 0 Å². The fourth-order valence-corrected chi connectivity index (χ4v) is 3.30. The monoisotopic (exact) mass is 332 g/mol. The van der Waals surface area contributed by atoms with Crippen LogP contribution in [0.25, 0.3) is 0 Å². The number of nitrogens with one attached hydrogen (secondary N) is 2. The van der Waals surface area contributed by atoms with E-state index in [1.54, 1.807) is 6.07 Å². The Morgan fingerprint density at radius 1 is 1.29 bits per heavy atom. The number of fused-ring (bicyclic) bond motifs is 1. The van der Waals surface area contributed by atoms with Crippen molar-refractivity contribution in [3.8, 4) is 11.5 Å². The molecule has 1 aliphatic carbocycles. The Bertz CT molecular complexity index is 636. The van der Waals surface area contributed by atoms with Gasteiger partial charge in [-0.3, -0.25) is 10.1 Å². The van der Waals surface area contributed by atoms with Gasteiger partial charge in [0.05, 0.1) is 0 Å². The first kappa shape index (κ1) is 16.6. The zero-order valence-corrected chi connectivity index (χ0v) is 14.2. The SMILES string of the molecule is CC1(C)Cc2cccc(OCC(=O)NC(=O)NC3CCCC3)c2O1. The van der Waals surface area contributed by atoms with E-state index >= 15 is 0 Å². The Morgan fingerprint density at radius 2 is 2.04 bits per heavy atom. The number of urea groups is 1. The zero-order chi connectivity index (χ0) is 17.2. The first-order valence-electron chi connectivity index (χ1n) is 8.47. The lowest BCUT2D eigenvalue weighted by atomic mass is 10.0. The molecule has 3 amide bonds. The van der Waals surface area contributed by atoms with Crippen LogP contribution in [-0.2, 0) is 11.2 Å². The molecule has 1 aromatic rings. The van der Waals surface area contributed by atoms with E-state index in [-0.39, 0.29) is 18.2 Å². The maximum Gasteiger partial charge on any atom is 0.321 e. The summed E-state index contributed by atoms with van der Waals surface area (Å²) < 4.78 is 11.4. The molecule has 0 radical (unpaired) electrons. The maximum atomic E-state index is 11.9. The van der Waals surface area contributed by atoms with Crippen LogP contribution in [0.3, 0.4) is 0 Å². The summed E-state index contributed by atoms with van der Waals surface area (Å²) in [5, 5.41) is 5.12. The zero-order valence-electron chi connectivity index (χ0n) is 14.2. The van der Waals surface area contributed by atoms with Crippen LogP contribution in [0.1, 0.15) is 45.1 Å². The van der Waals surface area contributed by atoms with E-state index in [1.165, 1.54) is 0 Å². The molecule has 0 aromatic heterocycles. The van der Waals surface area contributed by atoms with Gasteiger partial charge < -0.3 is 14.8 Å². The highest BCUT2D eigenvalue weighted by Crippen LogP contribution is 2.41. The van der Waals surface area contributed by atoms with Crippen LogP contribution in [0.2, 0.25) is 0 Å². The molecule has 1 saturated carbocycles. The van der Waals surface area contributed by atoms with Crippen LogP contribution in [0, 0.1) is 0 Å². The third-order valence-electron chi connectivity index (χ3n) is 4.36. The van der Waals surface area contributed by atoms with Crippen LogP contribution in [0.5, 0.6) is 11.5 Å². The van der Waals surface area contributed by atoms with E-state index in [0.29, 0.717) is 11.5 Å². The maximum absolute atomic E-state index is 11.9. The van der Waals surface area contributed by atoms with Crippen molar-refractivity contribution < 1.29 is 19.1 Å². The van der Waals surface area contributed by atoms with E-state index in [9.17, 15) is 9.59 Å². The summed E-state index contributed by atoms with van der Waals surface area (Å²) in [6, 6.07) is 5.36. The quantitative estimate of drug-likeness (QED) is 0.888. The van der Waals surface area contributed by atoms with Gasteiger partial charge in [0.15, 0.2) is 18.1 Å². The van der Waals surface area contributed by atoms with Gasteiger partial charge in [-0.2, -0.15) is 0 Å². The lowest BCUT2D eigenvalue weighted by Gasteiger charge is -2.18. The molecule has 0 saturated heterocycles. The summed E-state index contributed by atoms with van der Waals surface area (Å²) in [6.07, 6.45) is 4.99. The van der Waals surface area contributed by atoms with Crippen molar-refractivity contribution in [1.82, 2.24) is 10.6 Å². The number of carbonyl (C=O) groups excluding carboxylic acids is 2. The molecule has 1 aromatic carbocycles. The number of rotatable bonds is 4. The lowest BCUT2D eigenvalue weighted by Crippen LogP contribution is -2.45. The van der Waals surface area contributed by atoms with Crippen molar-refractivity contribution in [2.45, 2.75) is 57.6 Å². The van der Waals surface area contributed by atoms with Gasteiger partial charge in [-0.25, -0.2) is 4.79 Å². The van der Waals surface area contributed by atoms with Crippen molar-refractivity contribution in [1.29, 1.82) is 0 Å². The Labute approximate surface area is 141 Å². The molecule has 1 fully saturated rings. The molecule has 2 aliphatic rings. The molecule has 24 heavy (non-hydrogen) atoms. The van der Waals surface area contributed by atoms with Crippen LogP contribution in [0.15, 0.2) is 18.2 Å². The molecule has 1 aliphatic heterocycles. The second kappa shape index (κ2) is 6.71. The Hall–Kier alpha value is -2.24. The minimum absolute atomic E-state index is 0.173. The number of amides is 3. The van der Waals surface area contributed by atoms with Crippen LogP contribution >= 0.6 is 0 Å². The third kappa shape index (κ3) is 3.99. The number of para-hydroxylation sites is 1. The van der Waals surface area contributed by atoms with E-state index in [4.69, 9.17) is 9.47 Å². The largest absolute Gasteiger partial charge is 0.483 e. The molecule has 6 heteroatoms. The molecular weight excluding hydrogens is 308 g/mol. The average molecular weight is 332 g/mol.